The van der Waals surface area contributed by atoms with Crippen molar-refractivity contribution in [2.75, 3.05) is 6.61 Å². The fourth-order valence-electron chi connectivity index (χ4n) is 2.36. The molecule has 0 aromatic carbocycles. The Bertz CT molecular complexity index is 347. The van der Waals surface area contributed by atoms with E-state index in [9.17, 15) is 13.2 Å². The van der Waals surface area contributed by atoms with Gasteiger partial charge >= 0.3 is 6.18 Å². The molecule has 2 nitrogen and oxygen atoms in total. The van der Waals surface area contributed by atoms with E-state index in [0.717, 1.165) is 30.6 Å². The molecule has 102 valence electrons. The van der Waals surface area contributed by atoms with Crippen LogP contribution < -0.4 is 5.48 Å². The maximum absolute atomic E-state index is 12.1. The average Bonchev–Trinajstić information content (AvgIpc) is 2.96. The standard InChI is InChI=1S/C12H16F3NOS/c13-12(14,15)8-17-16-11(9-4-1-2-5-9)10-6-3-7-18-10/h3,6-7,9,11,16H,1-2,4-5,8H2. The van der Waals surface area contributed by atoms with Crippen LogP contribution in [0.5, 0.6) is 0 Å². The second-order valence-electron chi connectivity index (χ2n) is 4.56. The van der Waals surface area contributed by atoms with Crippen molar-refractivity contribution in [3.8, 4) is 0 Å². The quantitative estimate of drug-likeness (QED) is 0.821. The molecule has 18 heavy (non-hydrogen) atoms. The lowest BCUT2D eigenvalue weighted by Crippen LogP contribution is -2.31. The van der Waals surface area contributed by atoms with Crippen molar-refractivity contribution < 1.29 is 18.0 Å². The molecular weight excluding hydrogens is 263 g/mol. The minimum absolute atomic E-state index is 0.116. The van der Waals surface area contributed by atoms with Crippen LogP contribution in [0, 0.1) is 5.92 Å². The predicted molar refractivity (Wildman–Crippen MR) is 64.2 cm³/mol. The van der Waals surface area contributed by atoms with Crippen LogP contribution in [0.4, 0.5) is 13.2 Å². The molecular formula is C12H16F3NOS. The lowest BCUT2D eigenvalue weighted by molar-refractivity contribution is -0.194. The van der Waals surface area contributed by atoms with Gasteiger partial charge < -0.3 is 0 Å². The summed E-state index contributed by atoms with van der Waals surface area (Å²) < 4.78 is 36.2. The molecule has 0 aliphatic heterocycles. The summed E-state index contributed by atoms with van der Waals surface area (Å²) in [5.41, 5.74) is 2.61. The van der Waals surface area contributed by atoms with Gasteiger partial charge in [-0.25, -0.2) is 0 Å². The van der Waals surface area contributed by atoms with Gasteiger partial charge in [0.25, 0.3) is 0 Å². The van der Waals surface area contributed by atoms with Gasteiger partial charge in [-0.2, -0.15) is 18.7 Å². The fourth-order valence-corrected chi connectivity index (χ4v) is 3.22. The summed E-state index contributed by atoms with van der Waals surface area (Å²) in [6.45, 7) is -1.25. The van der Waals surface area contributed by atoms with Crippen LogP contribution in [-0.2, 0) is 4.84 Å². The van der Waals surface area contributed by atoms with Gasteiger partial charge in [-0.15, -0.1) is 11.3 Å². The first kappa shape index (κ1) is 13.8. The first-order valence-corrected chi connectivity index (χ1v) is 6.92. The molecule has 1 heterocycles. The van der Waals surface area contributed by atoms with Gasteiger partial charge in [-0.1, -0.05) is 18.9 Å². The largest absolute Gasteiger partial charge is 0.413 e. The van der Waals surface area contributed by atoms with Crippen molar-refractivity contribution in [1.82, 2.24) is 5.48 Å². The fraction of sp³-hybridized carbons (Fsp3) is 0.667. The van der Waals surface area contributed by atoms with Gasteiger partial charge in [0.2, 0.25) is 0 Å². The topological polar surface area (TPSA) is 21.3 Å². The molecule has 0 amide bonds. The molecule has 0 saturated heterocycles. The van der Waals surface area contributed by atoms with Crippen molar-refractivity contribution in [2.45, 2.75) is 37.9 Å². The SMILES string of the molecule is FC(F)(F)CONC(c1cccs1)C1CCCC1. The van der Waals surface area contributed by atoms with Gasteiger partial charge in [0.15, 0.2) is 6.61 Å². The van der Waals surface area contributed by atoms with Crippen molar-refractivity contribution in [2.24, 2.45) is 5.92 Å². The number of hydrogen-bond donors (Lipinski definition) is 1. The highest BCUT2D eigenvalue weighted by atomic mass is 32.1. The summed E-state index contributed by atoms with van der Waals surface area (Å²) in [5.74, 6) is 0.372. The van der Waals surface area contributed by atoms with Crippen molar-refractivity contribution in [1.29, 1.82) is 0 Å². The Morgan fingerprint density at radius 1 is 1.39 bits per heavy atom. The Kier molecular flexibility index (Phi) is 4.64. The molecule has 1 aliphatic rings. The van der Waals surface area contributed by atoms with Crippen molar-refractivity contribution in [3.05, 3.63) is 22.4 Å². The Morgan fingerprint density at radius 3 is 2.67 bits per heavy atom. The summed E-state index contributed by atoms with van der Waals surface area (Å²) >= 11 is 1.55. The number of rotatable bonds is 5. The maximum Gasteiger partial charge on any atom is 0.413 e. The maximum atomic E-state index is 12.1. The number of halogens is 3. The zero-order chi connectivity index (χ0) is 13.0. The van der Waals surface area contributed by atoms with E-state index in [1.165, 1.54) is 0 Å². The summed E-state index contributed by atoms with van der Waals surface area (Å²) in [7, 11) is 0. The first-order chi connectivity index (χ1) is 8.56. The van der Waals surface area contributed by atoms with Crippen LogP contribution in [0.1, 0.15) is 36.6 Å². The van der Waals surface area contributed by atoms with Crippen LogP contribution in [0.15, 0.2) is 17.5 Å². The molecule has 1 unspecified atom stereocenters. The van der Waals surface area contributed by atoms with Crippen LogP contribution in [0.3, 0.4) is 0 Å². The van der Waals surface area contributed by atoms with E-state index in [4.69, 9.17) is 0 Å². The van der Waals surface area contributed by atoms with Crippen LogP contribution in [0.2, 0.25) is 0 Å². The highest BCUT2D eigenvalue weighted by Gasteiger charge is 2.31. The van der Waals surface area contributed by atoms with E-state index in [0.29, 0.717) is 5.92 Å². The second-order valence-corrected chi connectivity index (χ2v) is 5.54. The molecule has 1 aliphatic carbocycles. The Balaban J connectivity index is 1.93. The molecule has 6 heteroatoms. The molecule has 0 radical (unpaired) electrons. The Labute approximate surface area is 108 Å². The minimum atomic E-state index is -4.29. The number of thiophene rings is 1. The molecule has 0 spiro atoms. The molecule has 1 fully saturated rings. The van der Waals surface area contributed by atoms with Gasteiger partial charge in [0, 0.05) is 4.88 Å². The molecule has 1 aromatic heterocycles. The molecule has 2 rings (SSSR count). The van der Waals surface area contributed by atoms with E-state index in [1.807, 2.05) is 17.5 Å². The zero-order valence-electron chi connectivity index (χ0n) is 9.87. The lowest BCUT2D eigenvalue weighted by atomic mass is 9.98. The zero-order valence-corrected chi connectivity index (χ0v) is 10.7. The van der Waals surface area contributed by atoms with E-state index in [2.05, 4.69) is 10.3 Å². The van der Waals surface area contributed by atoms with Gasteiger partial charge in [0.1, 0.15) is 0 Å². The Hall–Kier alpha value is -0.590. The van der Waals surface area contributed by atoms with Crippen LogP contribution in [0.25, 0.3) is 0 Å². The van der Waals surface area contributed by atoms with E-state index in [1.54, 1.807) is 11.3 Å². The average molecular weight is 279 g/mol. The summed E-state index contributed by atoms with van der Waals surface area (Å²) in [6.07, 6.45) is 0.0968. The molecule has 1 aromatic rings. The molecule has 1 atom stereocenters. The first-order valence-electron chi connectivity index (χ1n) is 6.04. The summed E-state index contributed by atoms with van der Waals surface area (Å²) in [5, 5.41) is 1.93. The van der Waals surface area contributed by atoms with Crippen molar-refractivity contribution >= 4 is 11.3 Å². The van der Waals surface area contributed by atoms with Gasteiger partial charge in [-0.3, -0.25) is 4.84 Å². The third-order valence-electron chi connectivity index (χ3n) is 3.17. The molecule has 1 saturated carbocycles. The summed E-state index contributed by atoms with van der Waals surface area (Å²) in [4.78, 5) is 5.67. The predicted octanol–water partition coefficient (Wildman–Crippen LogP) is 4.06. The van der Waals surface area contributed by atoms with Gasteiger partial charge in [0.05, 0.1) is 6.04 Å². The van der Waals surface area contributed by atoms with Crippen LogP contribution in [-0.4, -0.2) is 12.8 Å². The summed E-state index contributed by atoms with van der Waals surface area (Å²) in [6, 6.07) is 3.74. The normalized spacial score (nSPS) is 19.3. The number of nitrogens with one attached hydrogen (secondary N) is 1. The van der Waals surface area contributed by atoms with E-state index in [-0.39, 0.29) is 6.04 Å². The molecule has 1 N–H and O–H groups in total. The van der Waals surface area contributed by atoms with E-state index < -0.39 is 12.8 Å². The van der Waals surface area contributed by atoms with Crippen molar-refractivity contribution in [3.63, 3.8) is 0 Å². The number of alkyl halides is 3. The minimum Gasteiger partial charge on any atom is -0.292 e. The van der Waals surface area contributed by atoms with E-state index >= 15 is 0 Å². The highest BCUT2D eigenvalue weighted by molar-refractivity contribution is 7.10. The third kappa shape index (κ3) is 3.96. The second kappa shape index (κ2) is 6.04. The Morgan fingerprint density at radius 2 is 2.11 bits per heavy atom. The highest BCUT2D eigenvalue weighted by Crippen LogP contribution is 2.37. The van der Waals surface area contributed by atoms with Gasteiger partial charge in [-0.05, 0) is 30.2 Å². The smallest absolute Gasteiger partial charge is 0.292 e. The third-order valence-corrected chi connectivity index (χ3v) is 4.12. The number of hydrogen-bond acceptors (Lipinski definition) is 3. The lowest BCUT2D eigenvalue weighted by Gasteiger charge is -2.23. The number of hydroxylamine groups is 1. The monoisotopic (exact) mass is 279 g/mol. The molecule has 0 bridgehead atoms. The van der Waals surface area contributed by atoms with Crippen LogP contribution >= 0.6 is 11.3 Å².